The minimum atomic E-state index is -3.55. The Kier molecular flexibility index (Phi) is 4.89. The van der Waals surface area contributed by atoms with Crippen molar-refractivity contribution in [1.82, 2.24) is 4.72 Å². The first kappa shape index (κ1) is 13.6. The Morgan fingerprint density at radius 3 is 2.50 bits per heavy atom. The monoisotopic (exact) mass is 264 g/mol. The summed E-state index contributed by atoms with van der Waals surface area (Å²) in [6, 6.07) is 1.62. The molecule has 7 heteroatoms. The highest BCUT2D eigenvalue weighted by atomic mass is 32.2. The summed E-state index contributed by atoms with van der Waals surface area (Å²) in [6.45, 7) is 1.67. The fourth-order valence-electron chi connectivity index (χ4n) is 1.61. The standard InChI is InChI=1S/C9H16N2O3S2/c1-2-9(7-10)16(13,14)11-8-3-5-15(12)6-4-8/h8-9,11H,2-6H2,1H3. The van der Waals surface area contributed by atoms with Crippen LogP contribution in [0.15, 0.2) is 0 Å². The Hall–Kier alpha value is -0.450. The van der Waals surface area contributed by atoms with Gasteiger partial charge in [-0.25, -0.2) is 13.1 Å². The van der Waals surface area contributed by atoms with Crippen LogP contribution in [0.1, 0.15) is 26.2 Å². The molecule has 1 unspecified atom stereocenters. The van der Waals surface area contributed by atoms with E-state index in [0.29, 0.717) is 24.3 Å². The maximum Gasteiger partial charge on any atom is 0.228 e. The molecular formula is C9H16N2O3S2. The van der Waals surface area contributed by atoms with E-state index in [1.807, 2.05) is 0 Å². The molecule has 0 aromatic rings. The Morgan fingerprint density at radius 2 is 2.06 bits per heavy atom. The van der Waals surface area contributed by atoms with Gasteiger partial charge in [0.05, 0.1) is 6.07 Å². The zero-order valence-corrected chi connectivity index (χ0v) is 10.8. The number of nitrogens with zero attached hydrogens (tertiary/aromatic N) is 1. The van der Waals surface area contributed by atoms with Crippen molar-refractivity contribution >= 4 is 20.8 Å². The van der Waals surface area contributed by atoms with Gasteiger partial charge in [-0.3, -0.25) is 4.21 Å². The van der Waals surface area contributed by atoms with Crippen molar-refractivity contribution in [1.29, 1.82) is 5.26 Å². The van der Waals surface area contributed by atoms with Crippen LogP contribution >= 0.6 is 0 Å². The largest absolute Gasteiger partial charge is 0.260 e. The van der Waals surface area contributed by atoms with Crippen LogP contribution in [0.4, 0.5) is 0 Å². The second-order valence-corrected chi connectivity index (χ2v) is 7.40. The maximum atomic E-state index is 11.7. The summed E-state index contributed by atoms with van der Waals surface area (Å²) < 4.78 is 37.1. The van der Waals surface area contributed by atoms with Gasteiger partial charge in [0, 0.05) is 28.3 Å². The summed E-state index contributed by atoms with van der Waals surface area (Å²) in [5.41, 5.74) is 0. The van der Waals surface area contributed by atoms with Crippen molar-refractivity contribution in [3.05, 3.63) is 0 Å². The minimum absolute atomic E-state index is 0.162. The lowest BCUT2D eigenvalue weighted by atomic mass is 10.2. The molecule has 1 rings (SSSR count). The van der Waals surface area contributed by atoms with Crippen LogP contribution in [0.5, 0.6) is 0 Å². The van der Waals surface area contributed by atoms with Gasteiger partial charge in [-0.05, 0) is 19.3 Å². The fourth-order valence-corrected chi connectivity index (χ4v) is 4.35. The number of hydrogen-bond donors (Lipinski definition) is 1. The summed E-state index contributed by atoms with van der Waals surface area (Å²) >= 11 is 0. The molecule has 1 heterocycles. The first-order valence-corrected chi connectivity index (χ1v) is 8.28. The summed E-state index contributed by atoms with van der Waals surface area (Å²) in [5.74, 6) is 1.08. The van der Waals surface area contributed by atoms with Crippen molar-refractivity contribution in [2.24, 2.45) is 0 Å². The van der Waals surface area contributed by atoms with Crippen LogP contribution in [-0.2, 0) is 20.8 Å². The van der Waals surface area contributed by atoms with Gasteiger partial charge < -0.3 is 0 Å². The molecule has 0 amide bonds. The summed E-state index contributed by atoms with van der Waals surface area (Å²) in [4.78, 5) is 0. The molecule has 0 spiro atoms. The zero-order chi connectivity index (χ0) is 12.2. The van der Waals surface area contributed by atoms with Crippen LogP contribution in [0, 0.1) is 11.3 Å². The van der Waals surface area contributed by atoms with Gasteiger partial charge in [-0.15, -0.1) is 0 Å². The number of sulfonamides is 1. The third-order valence-corrected chi connectivity index (χ3v) is 5.84. The quantitative estimate of drug-likeness (QED) is 0.781. The molecule has 0 aliphatic carbocycles. The Morgan fingerprint density at radius 1 is 1.50 bits per heavy atom. The van der Waals surface area contributed by atoms with Gasteiger partial charge in [0.25, 0.3) is 0 Å². The first-order chi connectivity index (χ1) is 7.49. The molecule has 0 aromatic heterocycles. The molecule has 1 saturated heterocycles. The molecule has 1 aliphatic heterocycles. The molecule has 1 fully saturated rings. The third kappa shape index (κ3) is 3.54. The van der Waals surface area contributed by atoms with Crippen LogP contribution in [0.2, 0.25) is 0 Å². The van der Waals surface area contributed by atoms with E-state index in [4.69, 9.17) is 5.26 Å². The minimum Gasteiger partial charge on any atom is -0.260 e. The highest BCUT2D eigenvalue weighted by molar-refractivity contribution is 7.90. The van der Waals surface area contributed by atoms with Gasteiger partial charge >= 0.3 is 0 Å². The van der Waals surface area contributed by atoms with E-state index in [-0.39, 0.29) is 12.5 Å². The molecule has 16 heavy (non-hydrogen) atoms. The Labute approximate surface area is 98.7 Å². The van der Waals surface area contributed by atoms with Crippen molar-refractivity contribution in [2.75, 3.05) is 11.5 Å². The number of hydrogen-bond acceptors (Lipinski definition) is 4. The molecule has 1 aliphatic rings. The van der Waals surface area contributed by atoms with E-state index < -0.39 is 26.1 Å². The van der Waals surface area contributed by atoms with E-state index in [9.17, 15) is 12.6 Å². The predicted octanol–water partition coefficient (Wildman–Crippen LogP) is 0.119. The predicted molar refractivity (Wildman–Crippen MR) is 62.6 cm³/mol. The summed E-state index contributed by atoms with van der Waals surface area (Å²) in [7, 11) is -4.35. The van der Waals surface area contributed by atoms with E-state index in [0.717, 1.165) is 0 Å². The van der Waals surface area contributed by atoms with E-state index >= 15 is 0 Å². The number of nitrogens with one attached hydrogen (secondary N) is 1. The topological polar surface area (TPSA) is 87.0 Å². The number of rotatable bonds is 4. The second-order valence-electron chi connectivity index (χ2n) is 3.81. The van der Waals surface area contributed by atoms with Crippen molar-refractivity contribution in [2.45, 2.75) is 37.5 Å². The fraction of sp³-hybridized carbons (Fsp3) is 0.889. The summed E-state index contributed by atoms with van der Waals surface area (Å²) in [6.07, 6.45) is 1.46. The lowest BCUT2D eigenvalue weighted by Gasteiger charge is -2.23. The molecule has 1 N–H and O–H groups in total. The normalized spacial score (nSPS) is 28.2. The molecule has 1 atom stereocenters. The van der Waals surface area contributed by atoms with Gasteiger partial charge in [-0.1, -0.05) is 6.92 Å². The lowest BCUT2D eigenvalue weighted by Crippen LogP contribution is -2.43. The van der Waals surface area contributed by atoms with E-state index in [1.165, 1.54) is 0 Å². The highest BCUT2D eigenvalue weighted by Crippen LogP contribution is 2.12. The van der Waals surface area contributed by atoms with Crippen LogP contribution in [-0.4, -0.2) is 35.4 Å². The molecule has 0 bridgehead atoms. The zero-order valence-electron chi connectivity index (χ0n) is 9.18. The smallest absolute Gasteiger partial charge is 0.228 e. The average molecular weight is 264 g/mol. The van der Waals surface area contributed by atoms with Gasteiger partial charge in [0.2, 0.25) is 10.0 Å². The third-order valence-electron chi connectivity index (χ3n) is 2.61. The highest BCUT2D eigenvalue weighted by Gasteiger charge is 2.28. The van der Waals surface area contributed by atoms with Gasteiger partial charge in [0.15, 0.2) is 5.25 Å². The number of nitriles is 1. The molecule has 5 nitrogen and oxygen atoms in total. The van der Waals surface area contributed by atoms with Gasteiger partial charge in [-0.2, -0.15) is 5.26 Å². The average Bonchev–Trinajstić information content (AvgIpc) is 2.22. The van der Waals surface area contributed by atoms with Crippen molar-refractivity contribution in [3.8, 4) is 6.07 Å². The molecule has 92 valence electrons. The Bertz CT molecular complexity index is 389. The molecular weight excluding hydrogens is 248 g/mol. The second kappa shape index (κ2) is 5.75. The first-order valence-electron chi connectivity index (χ1n) is 5.25. The van der Waals surface area contributed by atoms with Crippen molar-refractivity contribution in [3.63, 3.8) is 0 Å². The molecule has 0 saturated carbocycles. The molecule has 0 radical (unpaired) electrons. The van der Waals surface area contributed by atoms with Crippen molar-refractivity contribution < 1.29 is 12.6 Å². The molecule has 0 aromatic carbocycles. The van der Waals surface area contributed by atoms with Gasteiger partial charge in [0.1, 0.15) is 0 Å². The lowest BCUT2D eigenvalue weighted by molar-refractivity contribution is 0.517. The van der Waals surface area contributed by atoms with E-state index in [1.54, 1.807) is 13.0 Å². The van der Waals surface area contributed by atoms with Crippen LogP contribution in [0.25, 0.3) is 0 Å². The van der Waals surface area contributed by atoms with Crippen LogP contribution in [0.3, 0.4) is 0 Å². The Balaban J connectivity index is 2.60. The summed E-state index contributed by atoms with van der Waals surface area (Å²) in [5, 5.41) is 7.73. The van der Waals surface area contributed by atoms with Crippen LogP contribution < -0.4 is 4.72 Å². The maximum absolute atomic E-state index is 11.7. The SMILES string of the molecule is CCC(C#N)S(=O)(=O)NC1CCS(=O)CC1. The van der Waals surface area contributed by atoms with E-state index in [2.05, 4.69) is 4.72 Å².